The lowest BCUT2D eigenvalue weighted by molar-refractivity contribution is 0.624. The van der Waals surface area contributed by atoms with Gasteiger partial charge in [-0.05, 0) is 29.7 Å². The first kappa shape index (κ1) is 12.5. The number of para-hydroxylation sites is 1. The van der Waals surface area contributed by atoms with Crippen molar-refractivity contribution in [1.82, 2.24) is 0 Å². The van der Waals surface area contributed by atoms with Gasteiger partial charge in [-0.25, -0.2) is 4.39 Å². The molecule has 1 aliphatic heterocycles. The molecule has 2 aromatic carbocycles. The van der Waals surface area contributed by atoms with Crippen molar-refractivity contribution < 1.29 is 4.39 Å². The molecule has 0 radical (unpaired) electrons. The molecule has 0 fully saturated rings. The second-order valence-corrected chi connectivity index (χ2v) is 4.76. The quantitative estimate of drug-likeness (QED) is 0.897. The van der Waals surface area contributed by atoms with Crippen molar-refractivity contribution in [2.24, 2.45) is 0 Å². The van der Waals surface area contributed by atoms with Gasteiger partial charge >= 0.3 is 0 Å². The second-order valence-electron chi connectivity index (χ2n) is 4.76. The van der Waals surface area contributed by atoms with Crippen LogP contribution in [0.3, 0.4) is 0 Å². The Morgan fingerprint density at radius 2 is 2.10 bits per heavy atom. The molecule has 2 N–H and O–H groups in total. The van der Waals surface area contributed by atoms with E-state index in [0.717, 1.165) is 24.2 Å². The van der Waals surface area contributed by atoms with Gasteiger partial charge in [0.1, 0.15) is 17.4 Å². The number of nitrogens with zero attached hydrogens (tertiary/aromatic N) is 1. The van der Waals surface area contributed by atoms with Crippen molar-refractivity contribution in [3.05, 3.63) is 58.9 Å². The van der Waals surface area contributed by atoms with Gasteiger partial charge in [0.2, 0.25) is 0 Å². The van der Waals surface area contributed by atoms with Crippen LogP contribution in [0.5, 0.6) is 0 Å². The average Bonchev–Trinajstić information content (AvgIpc) is 2.94. The lowest BCUT2D eigenvalue weighted by atomic mass is 10.1. The molecule has 0 atom stereocenters. The number of rotatable bonds is 3. The third-order valence-electron chi connectivity index (χ3n) is 3.53. The van der Waals surface area contributed by atoms with Crippen LogP contribution < -0.4 is 10.6 Å². The highest BCUT2D eigenvalue weighted by atomic mass is 19.1. The molecule has 3 rings (SSSR count). The summed E-state index contributed by atoms with van der Waals surface area (Å²) in [4.78, 5) is 0. The second kappa shape index (κ2) is 5.22. The first-order chi connectivity index (χ1) is 9.79. The first-order valence-corrected chi connectivity index (χ1v) is 6.56. The minimum absolute atomic E-state index is 0.0630. The van der Waals surface area contributed by atoms with Crippen molar-refractivity contribution in [2.45, 2.75) is 13.0 Å². The van der Waals surface area contributed by atoms with Crippen molar-refractivity contribution in [2.75, 3.05) is 17.2 Å². The maximum absolute atomic E-state index is 13.5. The number of fused-ring (bicyclic) bond motifs is 1. The zero-order valence-electron chi connectivity index (χ0n) is 10.9. The summed E-state index contributed by atoms with van der Waals surface area (Å²) in [5, 5.41) is 15.5. The maximum Gasteiger partial charge on any atom is 0.143 e. The Morgan fingerprint density at radius 3 is 2.95 bits per heavy atom. The summed E-state index contributed by atoms with van der Waals surface area (Å²) in [7, 11) is 0. The number of nitrogens with one attached hydrogen (secondary N) is 2. The van der Waals surface area contributed by atoms with Crippen LogP contribution in [0.4, 0.5) is 15.8 Å². The Labute approximate surface area is 117 Å². The van der Waals surface area contributed by atoms with E-state index >= 15 is 0 Å². The normalized spacial score (nSPS) is 12.4. The molecule has 0 amide bonds. The number of anilines is 2. The van der Waals surface area contributed by atoms with E-state index in [2.05, 4.69) is 16.7 Å². The Morgan fingerprint density at radius 1 is 1.25 bits per heavy atom. The van der Waals surface area contributed by atoms with E-state index in [0.29, 0.717) is 12.2 Å². The van der Waals surface area contributed by atoms with Gasteiger partial charge in [0.25, 0.3) is 0 Å². The van der Waals surface area contributed by atoms with Crippen LogP contribution in [0.2, 0.25) is 0 Å². The van der Waals surface area contributed by atoms with Crippen LogP contribution in [-0.2, 0) is 13.0 Å². The van der Waals surface area contributed by atoms with E-state index in [4.69, 9.17) is 5.26 Å². The molecule has 0 saturated heterocycles. The molecule has 1 aliphatic rings. The zero-order chi connectivity index (χ0) is 13.9. The zero-order valence-corrected chi connectivity index (χ0v) is 10.9. The predicted octanol–water partition coefficient (Wildman–Crippen LogP) is 3.28. The summed E-state index contributed by atoms with van der Waals surface area (Å²) < 4.78 is 13.5. The van der Waals surface area contributed by atoms with Gasteiger partial charge in [-0.2, -0.15) is 5.26 Å². The lowest BCUT2D eigenvalue weighted by Crippen LogP contribution is -2.05. The van der Waals surface area contributed by atoms with E-state index in [-0.39, 0.29) is 5.56 Å². The number of hydrogen-bond acceptors (Lipinski definition) is 3. The Bertz CT molecular complexity index is 689. The van der Waals surface area contributed by atoms with E-state index in [9.17, 15) is 4.39 Å². The number of halogens is 1. The van der Waals surface area contributed by atoms with Gasteiger partial charge in [-0.3, -0.25) is 0 Å². The fourth-order valence-electron chi connectivity index (χ4n) is 2.53. The molecule has 0 unspecified atom stereocenters. The molecule has 20 heavy (non-hydrogen) atoms. The van der Waals surface area contributed by atoms with Crippen LogP contribution in [0.1, 0.15) is 16.7 Å². The highest BCUT2D eigenvalue weighted by Gasteiger charge is 2.14. The molecule has 4 heteroatoms. The molecular formula is C16H14FN3. The number of nitriles is 1. The topological polar surface area (TPSA) is 47.9 Å². The molecule has 0 aliphatic carbocycles. The summed E-state index contributed by atoms with van der Waals surface area (Å²) in [5.74, 6) is -0.492. The predicted molar refractivity (Wildman–Crippen MR) is 77.1 cm³/mol. The molecule has 2 aromatic rings. The van der Waals surface area contributed by atoms with E-state index < -0.39 is 5.82 Å². The number of benzene rings is 2. The monoisotopic (exact) mass is 267 g/mol. The van der Waals surface area contributed by atoms with Crippen molar-refractivity contribution in [1.29, 1.82) is 5.26 Å². The fourth-order valence-corrected chi connectivity index (χ4v) is 2.53. The standard InChI is InChI=1S/C16H14FN3/c17-14-5-2-6-15(13(14)9-18)20-10-12-4-1-3-11-7-8-19-16(11)12/h1-6,19-20H,7-8,10H2. The minimum Gasteiger partial charge on any atom is -0.384 e. The summed E-state index contributed by atoms with van der Waals surface area (Å²) in [6.45, 7) is 1.52. The molecule has 0 spiro atoms. The van der Waals surface area contributed by atoms with Gasteiger partial charge in [0.05, 0.1) is 5.69 Å². The van der Waals surface area contributed by atoms with Gasteiger partial charge in [-0.15, -0.1) is 0 Å². The highest BCUT2D eigenvalue weighted by Crippen LogP contribution is 2.27. The van der Waals surface area contributed by atoms with Gasteiger partial charge in [0.15, 0.2) is 0 Å². The maximum atomic E-state index is 13.5. The third-order valence-corrected chi connectivity index (χ3v) is 3.53. The van der Waals surface area contributed by atoms with Gasteiger partial charge in [0, 0.05) is 18.8 Å². The molecule has 100 valence electrons. The van der Waals surface area contributed by atoms with Crippen molar-refractivity contribution >= 4 is 11.4 Å². The number of hydrogen-bond donors (Lipinski definition) is 2. The van der Waals surface area contributed by atoms with E-state index in [1.807, 2.05) is 18.2 Å². The minimum atomic E-state index is -0.492. The smallest absolute Gasteiger partial charge is 0.143 e. The summed E-state index contributed by atoms with van der Waals surface area (Å²) >= 11 is 0. The average molecular weight is 267 g/mol. The Kier molecular flexibility index (Phi) is 3.26. The van der Waals surface area contributed by atoms with Crippen molar-refractivity contribution in [3.63, 3.8) is 0 Å². The van der Waals surface area contributed by atoms with Gasteiger partial charge < -0.3 is 10.6 Å². The third kappa shape index (κ3) is 2.19. The summed E-state index contributed by atoms with van der Waals surface area (Å²) in [6, 6.07) is 12.7. The Balaban J connectivity index is 1.83. The first-order valence-electron chi connectivity index (χ1n) is 6.56. The van der Waals surface area contributed by atoms with Crippen LogP contribution in [0.15, 0.2) is 36.4 Å². The van der Waals surface area contributed by atoms with Gasteiger partial charge in [-0.1, -0.05) is 24.3 Å². The molecule has 3 nitrogen and oxygen atoms in total. The molecule has 0 aromatic heterocycles. The SMILES string of the molecule is N#Cc1c(F)cccc1NCc1cccc2c1NCC2. The van der Waals surface area contributed by atoms with Crippen LogP contribution in [0, 0.1) is 17.1 Å². The highest BCUT2D eigenvalue weighted by molar-refractivity contribution is 5.63. The summed E-state index contributed by atoms with van der Waals surface area (Å²) in [6.07, 6.45) is 1.03. The van der Waals surface area contributed by atoms with Crippen LogP contribution in [-0.4, -0.2) is 6.54 Å². The molecule has 0 saturated carbocycles. The van der Waals surface area contributed by atoms with E-state index in [1.54, 1.807) is 12.1 Å². The molecular weight excluding hydrogens is 253 g/mol. The van der Waals surface area contributed by atoms with Crippen LogP contribution >= 0.6 is 0 Å². The molecule has 0 bridgehead atoms. The van der Waals surface area contributed by atoms with Crippen LogP contribution in [0.25, 0.3) is 0 Å². The lowest BCUT2D eigenvalue weighted by Gasteiger charge is -2.12. The van der Waals surface area contributed by atoms with Crippen molar-refractivity contribution in [3.8, 4) is 6.07 Å². The fraction of sp³-hybridized carbons (Fsp3) is 0.188. The molecule has 1 heterocycles. The largest absolute Gasteiger partial charge is 0.384 e. The summed E-state index contributed by atoms with van der Waals surface area (Å²) in [5.41, 5.74) is 4.20. The Hall–Kier alpha value is -2.54. The van der Waals surface area contributed by atoms with E-state index in [1.165, 1.54) is 11.6 Å².